The molecule has 6 nitrogen and oxygen atoms in total. The molecule has 1 fully saturated rings. The summed E-state index contributed by atoms with van der Waals surface area (Å²) in [6, 6.07) is 7.23. The number of aryl methyl sites for hydroxylation is 1. The van der Waals surface area contributed by atoms with Gasteiger partial charge in [-0.2, -0.15) is 0 Å². The number of hydrogen-bond acceptors (Lipinski definition) is 5. The van der Waals surface area contributed by atoms with Crippen molar-refractivity contribution in [1.82, 2.24) is 15.1 Å². The zero-order valence-corrected chi connectivity index (χ0v) is 17.5. The van der Waals surface area contributed by atoms with E-state index in [4.69, 9.17) is 0 Å². The van der Waals surface area contributed by atoms with Crippen LogP contribution in [0.15, 0.2) is 35.9 Å². The molecule has 1 N–H and O–H groups in total. The Morgan fingerprint density at radius 2 is 2.07 bits per heavy atom. The van der Waals surface area contributed by atoms with Crippen molar-refractivity contribution in [2.75, 3.05) is 11.9 Å². The normalized spacial score (nSPS) is 19.6. The van der Waals surface area contributed by atoms with Crippen LogP contribution in [-0.2, 0) is 9.59 Å². The van der Waals surface area contributed by atoms with Crippen molar-refractivity contribution in [2.24, 2.45) is 0 Å². The fourth-order valence-corrected chi connectivity index (χ4v) is 4.72. The second-order valence-electron chi connectivity index (χ2n) is 7.68. The van der Waals surface area contributed by atoms with E-state index in [0.717, 1.165) is 65.4 Å². The molecule has 2 aliphatic rings. The fourth-order valence-electron chi connectivity index (χ4n) is 4.03. The molecule has 0 spiro atoms. The van der Waals surface area contributed by atoms with E-state index in [1.54, 1.807) is 4.90 Å². The smallest absolute Gasteiger partial charge is 0.250 e. The molecule has 1 atom stereocenters. The van der Waals surface area contributed by atoms with Gasteiger partial charge in [-0.05, 0) is 64.0 Å². The van der Waals surface area contributed by atoms with Gasteiger partial charge in [0.15, 0.2) is 0 Å². The lowest BCUT2D eigenvalue weighted by Crippen LogP contribution is -2.50. The number of anilines is 1. The molecule has 0 saturated carbocycles. The third-order valence-corrected chi connectivity index (χ3v) is 6.42. The highest BCUT2D eigenvalue weighted by Gasteiger charge is 2.33. The molecule has 4 rings (SSSR count). The fraction of sp³-hybridized carbons (Fsp3) is 0.455. The number of allylic oxidation sites excluding steroid dienone is 1. The molecule has 1 saturated heterocycles. The Morgan fingerprint density at radius 3 is 2.83 bits per heavy atom. The summed E-state index contributed by atoms with van der Waals surface area (Å²) in [6.45, 7) is 2.57. The summed E-state index contributed by atoms with van der Waals surface area (Å²) in [4.78, 5) is 27.9. The number of piperidine rings is 1. The zero-order chi connectivity index (χ0) is 20.2. The largest absolute Gasteiger partial charge is 0.327 e. The topological polar surface area (TPSA) is 75.2 Å². The van der Waals surface area contributed by atoms with Crippen molar-refractivity contribution in [1.29, 1.82) is 0 Å². The summed E-state index contributed by atoms with van der Waals surface area (Å²) in [5.41, 5.74) is 2.53. The quantitative estimate of drug-likeness (QED) is 0.814. The number of amides is 2. The zero-order valence-electron chi connectivity index (χ0n) is 16.7. The molecule has 1 aromatic carbocycles. The number of benzene rings is 1. The van der Waals surface area contributed by atoms with E-state index in [2.05, 4.69) is 21.6 Å². The number of carbonyl (C=O) groups is 2. The minimum Gasteiger partial charge on any atom is -0.327 e. The van der Waals surface area contributed by atoms with Crippen LogP contribution in [0.3, 0.4) is 0 Å². The Morgan fingerprint density at radius 1 is 1.17 bits per heavy atom. The number of likely N-dealkylation sites (tertiary alicyclic amines) is 1. The molecule has 2 amide bonds. The SMILES string of the molecule is Cc1nnc(-c2cccc(NC(=O)[C@H]3CCCCN3C(=O)C3=CCCCC3)c2)s1. The van der Waals surface area contributed by atoms with Crippen LogP contribution in [0, 0.1) is 6.92 Å². The number of aromatic nitrogens is 2. The van der Waals surface area contributed by atoms with Crippen LogP contribution < -0.4 is 5.32 Å². The summed E-state index contributed by atoms with van der Waals surface area (Å²) in [5, 5.41) is 13.0. The van der Waals surface area contributed by atoms with Gasteiger partial charge in [0.2, 0.25) is 11.8 Å². The molecule has 2 heterocycles. The molecule has 29 heavy (non-hydrogen) atoms. The van der Waals surface area contributed by atoms with Crippen LogP contribution in [0.4, 0.5) is 5.69 Å². The minimum absolute atomic E-state index is 0.0441. The maximum Gasteiger partial charge on any atom is 0.250 e. The highest BCUT2D eigenvalue weighted by Crippen LogP contribution is 2.27. The van der Waals surface area contributed by atoms with Gasteiger partial charge in [-0.25, -0.2) is 0 Å². The predicted molar refractivity (Wildman–Crippen MR) is 115 cm³/mol. The summed E-state index contributed by atoms with van der Waals surface area (Å²) in [6.07, 6.45) is 8.67. The van der Waals surface area contributed by atoms with Gasteiger partial charge >= 0.3 is 0 Å². The van der Waals surface area contributed by atoms with Gasteiger partial charge in [0, 0.05) is 23.4 Å². The van der Waals surface area contributed by atoms with Crippen molar-refractivity contribution in [2.45, 2.75) is 57.9 Å². The molecule has 0 unspecified atom stereocenters. The predicted octanol–water partition coefficient (Wildman–Crippen LogP) is 4.33. The van der Waals surface area contributed by atoms with Crippen LogP contribution in [0.1, 0.15) is 50.0 Å². The first-order valence-electron chi connectivity index (χ1n) is 10.3. The minimum atomic E-state index is -0.411. The van der Waals surface area contributed by atoms with Crippen LogP contribution >= 0.6 is 11.3 Å². The maximum atomic E-state index is 13.1. The summed E-state index contributed by atoms with van der Waals surface area (Å²) >= 11 is 1.52. The summed E-state index contributed by atoms with van der Waals surface area (Å²) in [7, 11) is 0. The third-order valence-electron chi connectivity index (χ3n) is 5.54. The average Bonchev–Trinajstić information content (AvgIpc) is 3.20. The summed E-state index contributed by atoms with van der Waals surface area (Å²) < 4.78 is 0. The van der Waals surface area contributed by atoms with Gasteiger partial charge in [0.05, 0.1) is 0 Å². The van der Waals surface area contributed by atoms with Crippen molar-refractivity contribution < 1.29 is 9.59 Å². The van der Waals surface area contributed by atoms with Gasteiger partial charge in [-0.15, -0.1) is 10.2 Å². The molecule has 152 valence electrons. The first kappa shape index (κ1) is 19.8. The van der Waals surface area contributed by atoms with Crippen LogP contribution in [0.5, 0.6) is 0 Å². The lowest BCUT2D eigenvalue weighted by atomic mass is 9.95. The molecule has 1 aromatic heterocycles. The molecule has 1 aliphatic carbocycles. The first-order chi connectivity index (χ1) is 14.1. The highest BCUT2D eigenvalue weighted by molar-refractivity contribution is 7.14. The summed E-state index contributed by atoms with van der Waals surface area (Å²) in [5.74, 6) is -0.0670. The van der Waals surface area contributed by atoms with Crippen molar-refractivity contribution in [3.05, 3.63) is 40.9 Å². The van der Waals surface area contributed by atoms with Gasteiger partial charge < -0.3 is 10.2 Å². The van der Waals surface area contributed by atoms with E-state index in [0.29, 0.717) is 13.0 Å². The first-order valence-corrected chi connectivity index (χ1v) is 11.1. The number of hydrogen-bond donors (Lipinski definition) is 1. The number of nitrogens with one attached hydrogen (secondary N) is 1. The van der Waals surface area contributed by atoms with E-state index in [-0.39, 0.29) is 11.8 Å². The average molecular weight is 411 g/mol. The molecule has 1 aliphatic heterocycles. The van der Waals surface area contributed by atoms with Crippen molar-refractivity contribution >= 4 is 28.8 Å². The second-order valence-corrected chi connectivity index (χ2v) is 8.86. The van der Waals surface area contributed by atoms with Crippen LogP contribution in [0.2, 0.25) is 0 Å². The Kier molecular flexibility index (Phi) is 6.04. The second kappa shape index (κ2) is 8.86. The standard InChI is InChI=1S/C22H26N4O2S/c1-15-24-25-21(29-15)17-10-7-11-18(14-17)23-20(27)19-12-5-6-13-26(19)22(28)16-8-3-2-4-9-16/h7-8,10-11,14,19H,2-6,9,12-13H2,1H3,(H,23,27)/t19-/m1/s1. The molecular formula is C22H26N4O2S. The van der Waals surface area contributed by atoms with E-state index in [1.807, 2.05) is 31.2 Å². The molecular weight excluding hydrogens is 384 g/mol. The molecule has 7 heteroatoms. The van der Waals surface area contributed by atoms with Gasteiger partial charge in [-0.3, -0.25) is 9.59 Å². The molecule has 0 radical (unpaired) electrons. The third kappa shape index (κ3) is 4.56. The van der Waals surface area contributed by atoms with Gasteiger partial charge in [-0.1, -0.05) is 29.5 Å². The maximum absolute atomic E-state index is 13.1. The Balaban J connectivity index is 1.49. The van der Waals surface area contributed by atoms with E-state index in [9.17, 15) is 9.59 Å². The molecule has 2 aromatic rings. The lowest BCUT2D eigenvalue weighted by Gasteiger charge is -2.35. The lowest BCUT2D eigenvalue weighted by molar-refractivity contribution is -0.137. The van der Waals surface area contributed by atoms with Crippen molar-refractivity contribution in [3.8, 4) is 10.6 Å². The monoisotopic (exact) mass is 410 g/mol. The van der Waals surface area contributed by atoms with Crippen LogP contribution in [-0.4, -0.2) is 39.5 Å². The highest BCUT2D eigenvalue weighted by atomic mass is 32.1. The van der Waals surface area contributed by atoms with Gasteiger partial charge in [0.1, 0.15) is 16.1 Å². The number of carbonyl (C=O) groups excluding carboxylic acids is 2. The Labute approximate surface area is 175 Å². The van der Waals surface area contributed by atoms with E-state index in [1.165, 1.54) is 11.3 Å². The van der Waals surface area contributed by atoms with Gasteiger partial charge in [0.25, 0.3) is 0 Å². The van der Waals surface area contributed by atoms with E-state index < -0.39 is 6.04 Å². The molecule has 0 bridgehead atoms. The van der Waals surface area contributed by atoms with E-state index >= 15 is 0 Å². The number of nitrogens with zero attached hydrogens (tertiary/aromatic N) is 3. The van der Waals surface area contributed by atoms with Crippen LogP contribution in [0.25, 0.3) is 10.6 Å². The van der Waals surface area contributed by atoms with Crippen molar-refractivity contribution in [3.63, 3.8) is 0 Å². The Hall–Kier alpha value is -2.54. The number of rotatable bonds is 4. The Bertz CT molecular complexity index is 936.